The minimum Gasteiger partial charge on any atom is -0.482 e. The third kappa shape index (κ3) is 5.26. The summed E-state index contributed by atoms with van der Waals surface area (Å²) < 4.78 is 23.5. The first-order valence-electron chi connectivity index (χ1n) is 6.30. The Morgan fingerprint density at radius 1 is 1.47 bits per heavy atom. The van der Waals surface area contributed by atoms with Gasteiger partial charge in [0, 0.05) is 11.6 Å². The van der Waals surface area contributed by atoms with Crippen LogP contribution in [0.3, 0.4) is 0 Å². The molecule has 1 aromatic carbocycles. The molecule has 106 valence electrons. The molecule has 0 radical (unpaired) electrons. The fourth-order valence-electron chi connectivity index (χ4n) is 1.45. The van der Waals surface area contributed by atoms with Gasteiger partial charge in [0.2, 0.25) is 0 Å². The van der Waals surface area contributed by atoms with Crippen molar-refractivity contribution >= 4 is 5.97 Å². The van der Waals surface area contributed by atoms with Crippen LogP contribution in [0.1, 0.15) is 38.4 Å². The lowest BCUT2D eigenvalue weighted by molar-refractivity contribution is -0.146. The normalized spacial score (nSPS) is 12.0. The van der Waals surface area contributed by atoms with E-state index in [-0.39, 0.29) is 17.9 Å². The number of benzene rings is 1. The maximum Gasteiger partial charge on any atom is 0.344 e. The number of unbranched alkanes of at least 4 members (excludes halogenated alkanes) is 1. The van der Waals surface area contributed by atoms with E-state index in [1.807, 2.05) is 6.92 Å². The van der Waals surface area contributed by atoms with E-state index in [4.69, 9.17) is 9.47 Å². The van der Waals surface area contributed by atoms with Gasteiger partial charge < -0.3 is 14.6 Å². The lowest BCUT2D eigenvalue weighted by atomic mass is 10.1. The van der Waals surface area contributed by atoms with Crippen LogP contribution in [0.15, 0.2) is 18.2 Å². The fraction of sp³-hybridized carbons (Fsp3) is 0.500. The average molecular weight is 270 g/mol. The van der Waals surface area contributed by atoms with Gasteiger partial charge in [-0.3, -0.25) is 0 Å². The molecular formula is C14H19FO4. The van der Waals surface area contributed by atoms with Gasteiger partial charge >= 0.3 is 5.97 Å². The molecule has 1 atom stereocenters. The van der Waals surface area contributed by atoms with E-state index in [1.54, 1.807) is 0 Å². The quantitative estimate of drug-likeness (QED) is 0.611. The van der Waals surface area contributed by atoms with Crippen LogP contribution < -0.4 is 4.74 Å². The second-order valence-electron chi connectivity index (χ2n) is 4.22. The van der Waals surface area contributed by atoms with Crippen molar-refractivity contribution in [3.05, 3.63) is 29.6 Å². The molecule has 0 saturated carbocycles. The Morgan fingerprint density at radius 3 is 2.79 bits per heavy atom. The summed E-state index contributed by atoms with van der Waals surface area (Å²) in [6.45, 7) is 3.59. The topological polar surface area (TPSA) is 55.8 Å². The van der Waals surface area contributed by atoms with Gasteiger partial charge in [-0.05, 0) is 25.5 Å². The maximum absolute atomic E-state index is 13.5. The van der Waals surface area contributed by atoms with Crippen molar-refractivity contribution in [3.63, 3.8) is 0 Å². The number of hydrogen-bond donors (Lipinski definition) is 1. The van der Waals surface area contributed by atoms with Crippen LogP contribution >= 0.6 is 0 Å². The fourth-order valence-corrected chi connectivity index (χ4v) is 1.45. The van der Waals surface area contributed by atoms with Gasteiger partial charge in [0.1, 0.15) is 11.6 Å². The largest absolute Gasteiger partial charge is 0.482 e. The van der Waals surface area contributed by atoms with Crippen LogP contribution in [-0.2, 0) is 9.53 Å². The zero-order valence-electron chi connectivity index (χ0n) is 11.2. The molecule has 0 aromatic heterocycles. The van der Waals surface area contributed by atoms with E-state index in [1.165, 1.54) is 19.1 Å². The highest BCUT2D eigenvalue weighted by molar-refractivity contribution is 5.71. The first kappa shape index (κ1) is 15.4. The summed E-state index contributed by atoms with van der Waals surface area (Å²) in [6, 6.07) is 4.07. The zero-order valence-corrected chi connectivity index (χ0v) is 11.2. The monoisotopic (exact) mass is 270 g/mol. The Hall–Kier alpha value is -1.62. The minimum absolute atomic E-state index is 0.192. The molecule has 0 spiro atoms. The summed E-state index contributed by atoms with van der Waals surface area (Å²) in [7, 11) is 0. The molecule has 0 saturated heterocycles. The third-order valence-corrected chi connectivity index (χ3v) is 2.54. The molecule has 0 aliphatic carbocycles. The Bertz CT molecular complexity index is 418. The molecule has 0 aliphatic rings. The second kappa shape index (κ2) is 7.74. The van der Waals surface area contributed by atoms with Gasteiger partial charge in [0.05, 0.1) is 12.7 Å². The molecule has 1 N–H and O–H groups in total. The maximum atomic E-state index is 13.5. The van der Waals surface area contributed by atoms with Crippen molar-refractivity contribution in [1.82, 2.24) is 0 Å². The number of ether oxygens (including phenoxy) is 2. The van der Waals surface area contributed by atoms with E-state index < -0.39 is 17.9 Å². The average Bonchev–Trinajstić information content (AvgIpc) is 2.36. The number of carbonyl (C=O) groups excluding carboxylic acids is 1. The highest BCUT2D eigenvalue weighted by atomic mass is 19.1. The van der Waals surface area contributed by atoms with Crippen molar-refractivity contribution in [1.29, 1.82) is 0 Å². The lowest BCUT2D eigenvalue weighted by Crippen LogP contribution is -2.15. The molecule has 0 amide bonds. The number of halogens is 1. The summed E-state index contributed by atoms with van der Waals surface area (Å²) in [6.07, 6.45) is 0.872. The molecule has 19 heavy (non-hydrogen) atoms. The third-order valence-electron chi connectivity index (χ3n) is 2.54. The van der Waals surface area contributed by atoms with E-state index in [0.29, 0.717) is 6.61 Å². The van der Waals surface area contributed by atoms with E-state index in [9.17, 15) is 14.3 Å². The first-order chi connectivity index (χ1) is 9.04. The Kier molecular flexibility index (Phi) is 6.29. The molecule has 4 nitrogen and oxygen atoms in total. The van der Waals surface area contributed by atoms with Gasteiger partial charge in [-0.2, -0.15) is 0 Å². The van der Waals surface area contributed by atoms with Crippen LogP contribution in [0.4, 0.5) is 4.39 Å². The number of aliphatic hydroxyl groups is 1. The summed E-state index contributed by atoms with van der Waals surface area (Å²) >= 11 is 0. The van der Waals surface area contributed by atoms with Gasteiger partial charge in [-0.15, -0.1) is 0 Å². The van der Waals surface area contributed by atoms with Gasteiger partial charge in [-0.1, -0.05) is 13.3 Å². The van der Waals surface area contributed by atoms with Crippen molar-refractivity contribution in [3.8, 4) is 5.75 Å². The van der Waals surface area contributed by atoms with Crippen molar-refractivity contribution in [2.45, 2.75) is 32.8 Å². The highest BCUT2D eigenvalue weighted by Gasteiger charge is 2.10. The number of rotatable bonds is 7. The van der Waals surface area contributed by atoms with E-state index >= 15 is 0 Å². The molecule has 0 bridgehead atoms. The standard InChI is InChI=1S/C14H19FO4/c1-3-4-7-18-14(17)9-19-11-5-6-12(10(2)16)13(15)8-11/h5-6,8,10,16H,3-4,7,9H2,1-2H3/t10-/m0/s1. The molecule has 0 unspecified atom stereocenters. The van der Waals surface area contributed by atoms with Crippen molar-refractivity contribution in [2.24, 2.45) is 0 Å². The van der Waals surface area contributed by atoms with Gasteiger partial charge in [0.15, 0.2) is 6.61 Å². The number of aliphatic hydroxyl groups excluding tert-OH is 1. The lowest BCUT2D eigenvalue weighted by Gasteiger charge is -2.09. The Labute approximate surface area is 112 Å². The molecule has 5 heteroatoms. The smallest absolute Gasteiger partial charge is 0.344 e. The van der Waals surface area contributed by atoms with Gasteiger partial charge in [0.25, 0.3) is 0 Å². The summed E-state index contributed by atoms with van der Waals surface area (Å²) in [5.41, 5.74) is 0.192. The first-order valence-corrected chi connectivity index (χ1v) is 6.30. The summed E-state index contributed by atoms with van der Waals surface area (Å²) in [5.74, 6) is -0.811. The predicted molar refractivity (Wildman–Crippen MR) is 68.4 cm³/mol. The Morgan fingerprint density at radius 2 is 2.21 bits per heavy atom. The number of carbonyl (C=O) groups is 1. The molecular weight excluding hydrogens is 251 g/mol. The van der Waals surface area contributed by atoms with Crippen LogP contribution in [-0.4, -0.2) is 24.3 Å². The molecule has 0 aliphatic heterocycles. The van der Waals surface area contributed by atoms with Gasteiger partial charge in [-0.25, -0.2) is 9.18 Å². The van der Waals surface area contributed by atoms with Crippen molar-refractivity contribution < 1.29 is 23.8 Å². The van der Waals surface area contributed by atoms with Crippen LogP contribution in [0.2, 0.25) is 0 Å². The van der Waals surface area contributed by atoms with E-state index in [2.05, 4.69) is 0 Å². The second-order valence-corrected chi connectivity index (χ2v) is 4.22. The summed E-state index contributed by atoms with van der Waals surface area (Å²) in [4.78, 5) is 11.3. The molecule has 1 rings (SSSR count). The minimum atomic E-state index is -0.881. The highest BCUT2D eigenvalue weighted by Crippen LogP contribution is 2.21. The zero-order chi connectivity index (χ0) is 14.3. The molecule has 0 heterocycles. The van der Waals surface area contributed by atoms with Crippen LogP contribution in [0, 0.1) is 5.82 Å². The van der Waals surface area contributed by atoms with Crippen LogP contribution in [0.25, 0.3) is 0 Å². The summed E-state index contributed by atoms with van der Waals surface area (Å²) in [5, 5.41) is 9.28. The van der Waals surface area contributed by atoms with E-state index in [0.717, 1.165) is 18.9 Å². The molecule has 1 aromatic rings. The Balaban J connectivity index is 2.45. The molecule has 0 fully saturated rings. The van der Waals surface area contributed by atoms with Crippen LogP contribution in [0.5, 0.6) is 5.75 Å². The SMILES string of the molecule is CCCCOC(=O)COc1ccc([C@H](C)O)c(F)c1. The predicted octanol–water partition coefficient (Wildman–Crippen LogP) is 2.60. The number of esters is 1. The van der Waals surface area contributed by atoms with Crippen molar-refractivity contribution in [2.75, 3.05) is 13.2 Å². The number of hydrogen-bond acceptors (Lipinski definition) is 4.